The topological polar surface area (TPSA) is 29.3 Å². The lowest BCUT2D eigenvalue weighted by atomic mass is 9.97. The number of piperidine rings is 1. The van der Waals surface area contributed by atoms with E-state index < -0.39 is 0 Å². The number of likely N-dealkylation sites (tertiary alicyclic amines) is 1. The average molecular weight is 255 g/mol. The summed E-state index contributed by atoms with van der Waals surface area (Å²) in [5.41, 5.74) is 8.02. The molecule has 1 aromatic carbocycles. The maximum atomic E-state index is 5.81. The van der Waals surface area contributed by atoms with Crippen LogP contribution in [0, 0.1) is 0 Å². The van der Waals surface area contributed by atoms with Crippen LogP contribution in [0.4, 0.5) is 5.69 Å². The van der Waals surface area contributed by atoms with Crippen LogP contribution in [-0.4, -0.2) is 17.0 Å². The van der Waals surface area contributed by atoms with Crippen molar-refractivity contribution >= 4 is 18.1 Å². The van der Waals surface area contributed by atoms with E-state index in [-0.39, 0.29) is 12.4 Å². The second-order valence-corrected chi connectivity index (χ2v) is 5.05. The molecule has 0 aromatic heterocycles. The molecule has 1 saturated heterocycles. The fourth-order valence-electron chi connectivity index (χ4n) is 2.69. The van der Waals surface area contributed by atoms with Crippen LogP contribution in [0.25, 0.3) is 0 Å². The van der Waals surface area contributed by atoms with Gasteiger partial charge in [0.2, 0.25) is 0 Å². The highest BCUT2D eigenvalue weighted by Crippen LogP contribution is 2.24. The number of nitrogens with zero attached hydrogens (tertiary/aromatic N) is 1. The van der Waals surface area contributed by atoms with E-state index in [1.165, 1.54) is 24.8 Å². The Morgan fingerprint density at radius 1 is 1.24 bits per heavy atom. The number of hydrogen-bond acceptors (Lipinski definition) is 2. The van der Waals surface area contributed by atoms with Gasteiger partial charge in [-0.3, -0.25) is 4.90 Å². The largest absolute Gasteiger partial charge is 0.399 e. The van der Waals surface area contributed by atoms with Crippen LogP contribution in [0.5, 0.6) is 0 Å². The third-order valence-electron chi connectivity index (χ3n) is 3.69. The molecule has 1 fully saturated rings. The lowest BCUT2D eigenvalue weighted by molar-refractivity contribution is 0.0953. The quantitative estimate of drug-likeness (QED) is 0.819. The van der Waals surface area contributed by atoms with Gasteiger partial charge >= 0.3 is 0 Å². The SMILES string of the molecule is CC1CCCC(C)N1Cc1cccc(N)c1.Cl. The number of hydrogen-bond donors (Lipinski definition) is 1. The van der Waals surface area contributed by atoms with Gasteiger partial charge in [-0.15, -0.1) is 12.4 Å². The lowest BCUT2D eigenvalue weighted by Crippen LogP contribution is -2.42. The number of rotatable bonds is 2. The number of halogens is 1. The highest BCUT2D eigenvalue weighted by molar-refractivity contribution is 5.85. The Labute approximate surface area is 111 Å². The van der Waals surface area contributed by atoms with Gasteiger partial charge in [0, 0.05) is 24.3 Å². The number of benzene rings is 1. The number of nitrogen functional groups attached to an aromatic ring is 1. The van der Waals surface area contributed by atoms with Crippen molar-refractivity contribution in [3.8, 4) is 0 Å². The standard InChI is InChI=1S/C14H22N2.ClH/c1-11-5-3-6-12(2)16(11)10-13-7-4-8-14(15)9-13;/h4,7-9,11-12H,3,5-6,10,15H2,1-2H3;1H. The molecular formula is C14H23ClN2. The average Bonchev–Trinajstić information content (AvgIpc) is 2.24. The molecule has 2 unspecified atom stereocenters. The molecule has 17 heavy (non-hydrogen) atoms. The summed E-state index contributed by atoms with van der Waals surface area (Å²) in [5, 5.41) is 0. The van der Waals surface area contributed by atoms with Crippen molar-refractivity contribution in [3.63, 3.8) is 0 Å². The summed E-state index contributed by atoms with van der Waals surface area (Å²) < 4.78 is 0. The molecule has 0 saturated carbocycles. The minimum atomic E-state index is 0. The van der Waals surface area contributed by atoms with Gasteiger partial charge in [0.1, 0.15) is 0 Å². The summed E-state index contributed by atoms with van der Waals surface area (Å²) in [6, 6.07) is 9.66. The van der Waals surface area contributed by atoms with Crippen molar-refractivity contribution in [2.45, 2.75) is 51.7 Å². The van der Waals surface area contributed by atoms with Crippen LogP contribution in [0.15, 0.2) is 24.3 Å². The molecule has 0 spiro atoms. The van der Waals surface area contributed by atoms with Crippen molar-refractivity contribution in [2.24, 2.45) is 0 Å². The maximum Gasteiger partial charge on any atom is 0.0317 e. The van der Waals surface area contributed by atoms with Gasteiger partial charge in [0.15, 0.2) is 0 Å². The van der Waals surface area contributed by atoms with Gasteiger partial charge in [-0.05, 0) is 44.4 Å². The number of anilines is 1. The number of nitrogens with two attached hydrogens (primary N) is 1. The Kier molecular flexibility index (Phi) is 5.29. The van der Waals surface area contributed by atoms with Gasteiger partial charge in [-0.2, -0.15) is 0 Å². The highest BCUT2D eigenvalue weighted by atomic mass is 35.5. The second-order valence-electron chi connectivity index (χ2n) is 5.05. The zero-order valence-corrected chi connectivity index (χ0v) is 11.5. The van der Waals surface area contributed by atoms with Crippen molar-refractivity contribution in [2.75, 3.05) is 5.73 Å². The Morgan fingerprint density at radius 2 is 1.88 bits per heavy atom. The lowest BCUT2D eigenvalue weighted by Gasteiger charge is -2.39. The van der Waals surface area contributed by atoms with E-state index in [0.29, 0.717) is 12.1 Å². The van der Waals surface area contributed by atoms with E-state index in [1.54, 1.807) is 0 Å². The predicted octanol–water partition coefficient (Wildman–Crippen LogP) is 3.45. The van der Waals surface area contributed by atoms with Gasteiger partial charge in [-0.25, -0.2) is 0 Å². The Hall–Kier alpha value is -0.730. The summed E-state index contributed by atoms with van der Waals surface area (Å²) in [7, 11) is 0. The molecule has 0 amide bonds. The Bertz CT molecular complexity index is 344. The molecular weight excluding hydrogens is 232 g/mol. The fourth-order valence-corrected chi connectivity index (χ4v) is 2.69. The highest BCUT2D eigenvalue weighted by Gasteiger charge is 2.24. The van der Waals surface area contributed by atoms with Gasteiger partial charge < -0.3 is 5.73 Å². The molecule has 1 aliphatic rings. The predicted molar refractivity (Wildman–Crippen MR) is 76.4 cm³/mol. The molecule has 96 valence electrons. The molecule has 0 radical (unpaired) electrons. The molecule has 0 bridgehead atoms. The summed E-state index contributed by atoms with van der Waals surface area (Å²) in [5.74, 6) is 0. The third-order valence-corrected chi connectivity index (χ3v) is 3.69. The normalized spacial score (nSPS) is 25.3. The smallest absolute Gasteiger partial charge is 0.0317 e. The van der Waals surface area contributed by atoms with Crippen LogP contribution in [0.2, 0.25) is 0 Å². The molecule has 1 aromatic rings. The maximum absolute atomic E-state index is 5.81. The van der Waals surface area contributed by atoms with Crippen molar-refractivity contribution in [1.82, 2.24) is 4.90 Å². The summed E-state index contributed by atoms with van der Waals surface area (Å²) >= 11 is 0. The summed E-state index contributed by atoms with van der Waals surface area (Å²) in [6.07, 6.45) is 4.02. The van der Waals surface area contributed by atoms with Crippen molar-refractivity contribution < 1.29 is 0 Å². The molecule has 0 aliphatic carbocycles. The molecule has 2 N–H and O–H groups in total. The van der Waals surface area contributed by atoms with E-state index in [2.05, 4.69) is 30.9 Å². The van der Waals surface area contributed by atoms with E-state index in [1.807, 2.05) is 12.1 Å². The molecule has 2 nitrogen and oxygen atoms in total. The second kappa shape index (κ2) is 6.27. The Morgan fingerprint density at radius 3 is 2.47 bits per heavy atom. The molecule has 2 rings (SSSR count). The summed E-state index contributed by atoms with van der Waals surface area (Å²) in [4.78, 5) is 2.60. The van der Waals surface area contributed by atoms with Crippen LogP contribution in [0.1, 0.15) is 38.7 Å². The minimum Gasteiger partial charge on any atom is -0.399 e. The molecule has 1 heterocycles. The monoisotopic (exact) mass is 254 g/mol. The van der Waals surface area contributed by atoms with Crippen LogP contribution in [-0.2, 0) is 6.54 Å². The van der Waals surface area contributed by atoms with Gasteiger partial charge in [0.25, 0.3) is 0 Å². The van der Waals surface area contributed by atoms with Crippen LogP contribution >= 0.6 is 12.4 Å². The van der Waals surface area contributed by atoms with Crippen molar-refractivity contribution in [3.05, 3.63) is 29.8 Å². The zero-order chi connectivity index (χ0) is 11.5. The summed E-state index contributed by atoms with van der Waals surface area (Å²) in [6.45, 7) is 5.71. The first-order valence-corrected chi connectivity index (χ1v) is 6.27. The van der Waals surface area contributed by atoms with E-state index in [9.17, 15) is 0 Å². The minimum absolute atomic E-state index is 0. The molecule has 1 aliphatic heterocycles. The third kappa shape index (κ3) is 3.62. The Balaban J connectivity index is 0.00000144. The first-order chi connectivity index (χ1) is 7.66. The molecule has 2 atom stereocenters. The van der Waals surface area contributed by atoms with E-state index in [0.717, 1.165) is 12.2 Å². The van der Waals surface area contributed by atoms with Gasteiger partial charge in [0.05, 0.1) is 0 Å². The van der Waals surface area contributed by atoms with E-state index >= 15 is 0 Å². The fraction of sp³-hybridized carbons (Fsp3) is 0.571. The van der Waals surface area contributed by atoms with Crippen LogP contribution in [0.3, 0.4) is 0 Å². The van der Waals surface area contributed by atoms with Crippen molar-refractivity contribution in [1.29, 1.82) is 0 Å². The first-order valence-electron chi connectivity index (χ1n) is 6.27. The molecule has 3 heteroatoms. The van der Waals surface area contributed by atoms with Gasteiger partial charge in [-0.1, -0.05) is 18.6 Å². The first kappa shape index (κ1) is 14.3. The zero-order valence-electron chi connectivity index (χ0n) is 10.7. The van der Waals surface area contributed by atoms with Crippen LogP contribution < -0.4 is 5.73 Å². The van der Waals surface area contributed by atoms with E-state index in [4.69, 9.17) is 5.73 Å².